The Morgan fingerprint density at radius 3 is 2.89 bits per heavy atom. The van der Waals surface area contributed by atoms with Crippen molar-refractivity contribution in [1.82, 2.24) is 0 Å². The molecule has 3 atom stereocenters. The Hall–Kier alpha value is -0.400. The predicted octanol–water partition coefficient (Wildman–Crippen LogP) is 3.03. The van der Waals surface area contributed by atoms with E-state index in [1.165, 1.54) is 12.1 Å². The lowest BCUT2D eigenvalue weighted by molar-refractivity contribution is -0.118. The molecule has 5 heteroatoms. The largest absolute Gasteiger partial charge is 0.379 e. The molecule has 3 unspecified atom stereocenters. The van der Waals surface area contributed by atoms with Crippen LogP contribution in [0.15, 0.2) is 18.2 Å². The molecule has 1 fully saturated rings. The van der Waals surface area contributed by atoms with Crippen LogP contribution in [0.2, 0.25) is 0 Å². The SMILES string of the molecule is CCOC1CC(Nc2ccc(F)cc2I)C1OC. The number of ether oxygens (including phenoxy) is 2. The molecule has 1 aliphatic rings. The van der Waals surface area contributed by atoms with E-state index in [0.29, 0.717) is 6.61 Å². The van der Waals surface area contributed by atoms with Crippen molar-refractivity contribution in [3.05, 3.63) is 27.6 Å². The minimum atomic E-state index is -0.214. The van der Waals surface area contributed by atoms with E-state index >= 15 is 0 Å². The van der Waals surface area contributed by atoms with Gasteiger partial charge in [0, 0.05) is 23.0 Å². The van der Waals surface area contributed by atoms with Gasteiger partial charge >= 0.3 is 0 Å². The Morgan fingerprint density at radius 1 is 1.50 bits per heavy atom. The second-order valence-electron chi connectivity index (χ2n) is 4.30. The van der Waals surface area contributed by atoms with Gasteiger partial charge in [-0.3, -0.25) is 0 Å². The van der Waals surface area contributed by atoms with E-state index in [1.807, 2.05) is 6.92 Å². The van der Waals surface area contributed by atoms with Crippen LogP contribution in [0.3, 0.4) is 0 Å². The molecule has 0 bridgehead atoms. The van der Waals surface area contributed by atoms with Crippen LogP contribution in [0, 0.1) is 9.39 Å². The van der Waals surface area contributed by atoms with Crippen LogP contribution < -0.4 is 5.32 Å². The third-order valence-corrected chi connectivity index (χ3v) is 4.07. The summed E-state index contributed by atoms with van der Waals surface area (Å²) >= 11 is 2.13. The van der Waals surface area contributed by atoms with Crippen LogP contribution in [-0.2, 0) is 9.47 Å². The van der Waals surface area contributed by atoms with Crippen LogP contribution in [0.5, 0.6) is 0 Å². The lowest BCUT2D eigenvalue weighted by Gasteiger charge is -2.43. The zero-order chi connectivity index (χ0) is 13.1. The van der Waals surface area contributed by atoms with Crippen LogP contribution in [0.25, 0.3) is 0 Å². The number of anilines is 1. The number of methoxy groups -OCH3 is 1. The highest BCUT2D eigenvalue weighted by atomic mass is 127. The number of halogens is 2. The van der Waals surface area contributed by atoms with Crippen molar-refractivity contribution in [2.24, 2.45) is 0 Å². The maximum atomic E-state index is 13.0. The fourth-order valence-corrected chi connectivity index (χ4v) is 2.86. The summed E-state index contributed by atoms with van der Waals surface area (Å²) in [5.74, 6) is -0.214. The molecule has 1 N–H and O–H groups in total. The highest BCUT2D eigenvalue weighted by Gasteiger charge is 2.42. The summed E-state index contributed by atoms with van der Waals surface area (Å²) in [6, 6.07) is 4.97. The van der Waals surface area contributed by atoms with Crippen molar-refractivity contribution in [2.75, 3.05) is 19.0 Å². The van der Waals surface area contributed by atoms with E-state index in [-0.39, 0.29) is 24.1 Å². The first-order valence-corrected chi connectivity index (χ1v) is 7.09. The van der Waals surface area contributed by atoms with Crippen LogP contribution in [0.4, 0.5) is 10.1 Å². The van der Waals surface area contributed by atoms with Gasteiger partial charge in [0.2, 0.25) is 0 Å². The molecule has 0 radical (unpaired) electrons. The molecule has 0 spiro atoms. The number of nitrogens with one attached hydrogen (secondary N) is 1. The first kappa shape index (κ1) is 14.0. The molecule has 1 saturated carbocycles. The van der Waals surface area contributed by atoms with Gasteiger partial charge in [-0.25, -0.2) is 4.39 Å². The predicted molar refractivity (Wildman–Crippen MR) is 77.4 cm³/mol. The Balaban J connectivity index is 1.98. The smallest absolute Gasteiger partial charge is 0.124 e. The van der Waals surface area contributed by atoms with Gasteiger partial charge < -0.3 is 14.8 Å². The molecular weight excluding hydrogens is 348 g/mol. The minimum absolute atomic E-state index is 0.0609. The molecule has 0 aromatic heterocycles. The zero-order valence-corrected chi connectivity index (χ0v) is 12.6. The van der Waals surface area contributed by atoms with Crippen LogP contribution >= 0.6 is 22.6 Å². The second kappa shape index (κ2) is 6.16. The highest BCUT2D eigenvalue weighted by molar-refractivity contribution is 14.1. The van der Waals surface area contributed by atoms with Gasteiger partial charge in [0.1, 0.15) is 11.9 Å². The van der Waals surface area contributed by atoms with Crippen molar-refractivity contribution in [3.63, 3.8) is 0 Å². The Labute approximate surface area is 120 Å². The summed E-state index contributed by atoms with van der Waals surface area (Å²) < 4.78 is 24.9. The molecule has 0 saturated heterocycles. The van der Waals surface area contributed by atoms with Gasteiger partial charge in [0.25, 0.3) is 0 Å². The van der Waals surface area contributed by atoms with Gasteiger partial charge in [0.15, 0.2) is 0 Å². The Kier molecular flexibility index (Phi) is 4.80. The average Bonchev–Trinajstić information content (AvgIpc) is 2.31. The van der Waals surface area contributed by atoms with Gasteiger partial charge in [-0.1, -0.05) is 0 Å². The van der Waals surface area contributed by atoms with Crippen LogP contribution in [-0.4, -0.2) is 32.0 Å². The van der Waals surface area contributed by atoms with Crippen molar-refractivity contribution in [3.8, 4) is 0 Å². The third kappa shape index (κ3) is 2.95. The molecule has 3 nitrogen and oxygen atoms in total. The Bertz CT molecular complexity index is 416. The monoisotopic (exact) mass is 365 g/mol. The molecule has 1 aromatic carbocycles. The summed E-state index contributed by atoms with van der Waals surface area (Å²) in [7, 11) is 1.69. The fourth-order valence-electron chi connectivity index (χ4n) is 2.22. The van der Waals surface area contributed by atoms with Crippen LogP contribution in [0.1, 0.15) is 13.3 Å². The molecule has 1 aromatic rings. The summed E-state index contributed by atoms with van der Waals surface area (Å²) in [4.78, 5) is 0. The lowest BCUT2D eigenvalue weighted by atomic mass is 9.85. The number of rotatable bonds is 5. The van der Waals surface area contributed by atoms with Gasteiger partial charge in [-0.15, -0.1) is 0 Å². The summed E-state index contributed by atoms with van der Waals surface area (Å²) in [5.41, 5.74) is 0.944. The van der Waals surface area contributed by atoms with Gasteiger partial charge in [-0.2, -0.15) is 0 Å². The average molecular weight is 365 g/mol. The fraction of sp³-hybridized carbons (Fsp3) is 0.538. The first-order valence-electron chi connectivity index (χ1n) is 6.01. The quantitative estimate of drug-likeness (QED) is 0.814. The number of hydrogen-bond acceptors (Lipinski definition) is 3. The van der Waals surface area contributed by atoms with E-state index in [9.17, 15) is 4.39 Å². The summed E-state index contributed by atoms with van der Waals surface area (Å²) in [6.45, 7) is 2.68. The van der Waals surface area contributed by atoms with E-state index < -0.39 is 0 Å². The highest BCUT2D eigenvalue weighted by Crippen LogP contribution is 2.31. The van der Waals surface area contributed by atoms with Crippen molar-refractivity contribution < 1.29 is 13.9 Å². The molecule has 1 aliphatic carbocycles. The van der Waals surface area contributed by atoms with Crippen molar-refractivity contribution >= 4 is 28.3 Å². The van der Waals surface area contributed by atoms with Gasteiger partial charge in [0.05, 0.1) is 12.1 Å². The maximum absolute atomic E-state index is 13.0. The minimum Gasteiger partial charge on any atom is -0.379 e. The molecule has 0 amide bonds. The molecule has 0 aliphatic heterocycles. The van der Waals surface area contributed by atoms with Crippen molar-refractivity contribution in [2.45, 2.75) is 31.6 Å². The lowest BCUT2D eigenvalue weighted by Crippen LogP contribution is -2.56. The Morgan fingerprint density at radius 2 is 2.28 bits per heavy atom. The molecule has 0 heterocycles. The second-order valence-corrected chi connectivity index (χ2v) is 5.47. The zero-order valence-electron chi connectivity index (χ0n) is 10.5. The first-order chi connectivity index (χ1) is 8.65. The van der Waals surface area contributed by atoms with E-state index in [4.69, 9.17) is 9.47 Å². The van der Waals surface area contributed by atoms with E-state index in [2.05, 4.69) is 27.9 Å². The molecular formula is C13H17FINO2. The molecule has 18 heavy (non-hydrogen) atoms. The summed E-state index contributed by atoms with van der Waals surface area (Å²) in [6.07, 6.45) is 1.14. The van der Waals surface area contributed by atoms with E-state index in [1.54, 1.807) is 13.2 Å². The summed E-state index contributed by atoms with van der Waals surface area (Å²) in [5, 5.41) is 3.38. The van der Waals surface area contributed by atoms with Gasteiger partial charge in [-0.05, 0) is 54.1 Å². The van der Waals surface area contributed by atoms with Crippen molar-refractivity contribution in [1.29, 1.82) is 0 Å². The topological polar surface area (TPSA) is 30.5 Å². The van der Waals surface area contributed by atoms with E-state index in [0.717, 1.165) is 15.7 Å². The third-order valence-electron chi connectivity index (χ3n) is 3.17. The standard InChI is InChI=1S/C13H17FINO2/c1-3-18-12-7-11(13(12)17-2)16-10-5-4-8(14)6-9(10)15/h4-6,11-13,16H,3,7H2,1-2H3. The normalized spacial score (nSPS) is 26.8. The number of benzene rings is 1. The maximum Gasteiger partial charge on any atom is 0.124 e. The molecule has 2 rings (SSSR count). The number of hydrogen-bond donors (Lipinski definition) is 1. The molecule has 100 valence electrons.